The van der Waals surface area contributed by atoms with Crippen LogP contribution < -0.4 is 14.8 Å². The number of rotatable bonds is 5. The number of nitrogens with zero attached hydrogens (tertiary/aromatic N) is 1. The van der Waals surface area contributed by atoms with E-state index in [0.717, 1.165) is 12.1 Å². The van der Waals surface area contributed by atoms with E-state index in [0.29, 0.717) is 17.2 Å². The Bertz CT molecular complexity index is 882. The standard InChI is InChI=1S/C19H18F2N2O4/c1-26-16-6-4-13(8-17(16)27-2)22-18(24)12-9-23(10-12)19(25)11-3-5-14(20)15(21)7-11/h3-8,12H,9-10H2,1-2H3,(H,22,24). The van der Waals surface area contributed by atoms with E-state index in [1.807, 2.05) is 0 Å². The highest BCUT2D eigenvalue weighted by atomic mass is 19.2. The molecular weight excluding hydrogens is 358 g/mol. The van der Waals surface area contributed by atoms with Crippen LogP contribution >= 0.6 is 0 Å². The second-order valence-corrected chi connectivity index (χ2v) is 6.09. The van der Waals surface area contributed by atoms with Gasteiger partial charge in [0.1, 0.15) is 0 Å². The first-order chi connectivity index (χ1) is 12.9. The van der Waals surface area contributed by atoms with Gasteiger partial charge in [0.05, 0.1) is 20.1 Å². The van der Waals surface area contributed by atoms with Crippen molar-refractivity contribution >= 4 is 17.5 Å². The van der Waals surface area contributed by atoms with Crippen LogP contribution in [-0.4, -0.2) is 44.0 Å². The lowest BCUT2D eigenvalue weighted by molar-refractivity contribution is -0.123. The van der Waals surface area contributed by atoms with Crippen LogP contribution in [0.4, 0.5) is 14.5 Å². The molecule has 6 nitrogen and oxygen atoms in total. The molecule has 142 valence electrons. The Morgan fingerprint density at radius 1 is 1.00 bits per heavy atom. The van der Waals surface area contributed by atoms with Crippen LogP contribution in [0.1, 0.15) is 10.4 Å². The normalized spacial score (nSPS) is 13.7. The summed E-state index contributed by atoms with van der Waals surface area (Å²) < 4.78 is 36.6. The number of hydrogen-bond donors (Lipinski definition) is 1. The number of ether oxygens (including phenoxy) is 2. The molecule has 2 aromatic carbocycles. The lowest BCUT2D eigenvalue weighted by Gasteiger charge is -2.38. The van der Waals surface area contributed by atoms with Crippen molar-refractivity contribution in [2.24, 2.45) is 5.92 Å². The molecule has 27 heavy (non-hydrogen) atoms. The molecule has 1 saturated heterocycles. The van der Waals surface area contributed by atoms with Gasteiger partial charge in [0.2, 0.25) is 5.91 Å². The Morgan fingerprint density at radius 3 is 2.33 bits per heavy atom. The Morgan fingerprint density at radius 2 is 1.70 bits per heavy atom. The zero-order valence-corrected chi connectivity index (χ0v) is 14.8. The zero-order chi connectivity index (χ0) is 19.6. The van der Waals surface area contributed by atoms with E-state index in [1.54, 1.807) is 18.2 Å². The maximum atomic E-state index is 13.3. The Balaban J connectivity index is 1.58. The Kier molecular flexibility index (Phi) is 5.25. The van der Waals surface area contributed by atoms with Crippen LogP contribution in [0.3, 0.4) is 0 Å². The summed E-state index contributed by atoms with van der Waals surface area (Å²) in [5.41, 5.74) is 0.593. The van der Waals surface area contributed by atoms with E-state index in [2.05, 4.69) is 5.32 Å². The first kappa shape index (κ1) is 18.6. The van der Waals surface area contributed by atoms with Crippen molar-refractivity contribution in [2.75, 3.05) is 32.6 Å². The first-order valence-corrected chi connectivity index (χ1v) is 8.20. The molecule has 2 aromatic rings. The van der Waals surface area contributed by atoms with Crippen LogP contribution in [0.25, 0.3) is 0 Å². The molecule has 1 N–H and O–H groups in total. The average molecular weight is 376 g/mol. The second-order valence-electron chi connectivity index (χ2n) is 6.09. The maximum Gasteiger partial charge on any atom is 0.254 e. The number of halogens is 2. The predicted octanol–water partition coefficient (Wildman–Crippen LogP) is 2.69. The molecule has 3 rings (SSSR count). The fraction of sp³-hybridized carbons (Fsp3) is 0.263. The van der Waals surface area contributed by atoms with E-state index in [1.165, 1.54) is 25.2 Å². The number of methoxy groups -OCH3 is 2. The molecular formula is C19H18F2N2O4. The number of likely N-dealkylation sites (tertiary alicyclic amines) is 1. The number of benzene rings is 2. The molecule has 0 saturated carbocycles. The largest absolute Gasteiger partial charge is 0.493 e. The summed E-state index contributed by atoms with van der Waals surface area (Å²) in [7, 11) is 3.01. The number of hydrogen-bond acceptors (Lipinski definition) is 4. The van der Waals surface area contributed by atoms with Gasteiger partial charge in [-0.05, 0) is 30.3 Å². The molecule has 2 amide bonds. The molecule has 1 aliphatic rings. The lowest BCUT2D eigenvalue weighted by atomic mass is 9.97. The highest BCUT2D eigenvalue weighted by molar-refractivity contribution is 5.98. The van der Waals surface area contributed by atoms with E-state index in [4.69, 9.17) is 9.47 Å². The molecule has 0 radical (unpaired) electrons. The van der Waals surface area contributed by atoms with Crippen molar-refractivity contribution in [3.63, 3.8) is 0 Å². The summed E-state index contributed by atoms with van der Waals surface area (Å²) in [6.07, 6.45) is 0. The third-order valence-electron chi connectivity index (χ3n) is 4.36. The summed E-state index contributed by atoms with van der Waals surface area (Å²) in [6, 6.07) is 7.98. The third-order valence-corrected chi connectivity index (χ3v) is 4.36. The number of nitrogens with one attached hydrogen (secondary N) is 1. The van der Waals surface area contributed by atoms with E-state index in [-0.39, 0.29) is 30.5 Å². The third kappa shape index (κ3) is 3.84. The first-order valence-electron chi connectivity index (χ1n) is 8.20. The minimum absolute atomic E-state index is 0.0487. The molecule has 8 heteroatoms. The van der Waals surface area contributed by atoms with Gasteiger partial charge in [-0.2, -0.15) is 0 Å². The van der Waals surface area contributed by atoms with Crippen LogP contribution in [-0.2, 0) is 4.79 Å². The Hall–Kier alpha value is -3.16. The van der Waals surface area contributed by atoms with Gasteiger partial charge < -0.3 is 19.7 Å². The second kappa shape index (κ2) is 7.61. The van der Waals surface area contributed by atoms with Crippen molar-refractivity contribution in [1.29, 1.82) is 0 Å². The number of anilines is 1. The number of amides is 2. The van der Waals surface area contributed by atoms with Crippen molar-refractivity contribution in [1.82, 2.24) is 4.90 Å². The topological polar surface area (TPSA) is 67.9 Å². The van der Waals surface area contributed by atoms with E-state index < -0.39 is 17.5 Å². The van der Waals surface area contributed by atoms with Gasteiger partial charge in [-0.25, -0.2) is 8.78 Å². The molecule has 1 fully saturated rings. The number of carbonyl (C=O) groups is 2. The number of carbonyl (C=O) groups excluding carboxylic acids is 2. The maximum absolute atomic E-state index is 13.3. The summed E-state index contributed by atoms with van der Waals surface area (Å²) in [5, 5.41) is 2.76. The summed E-state index contributed by atoms with van der Waals surface area (Å²) in [5.74, 6) is -2.12. The average Bonchev–Trinajstić information content (AvgIpc) is 2.62. The van der Waals surface area contributed by atoms with E-state index in [9.17, 15) is 18.4 Å². The fourth-order valence-electron chi connectivity index (χ4n) is 2.78. The fourth-order valence-corrected chi connectivity index (χ4v) is 2.78. The van der Waals surface area contributed by atoms with Gasteiger partial charge in [0, 0.05) is 30.4 Å². The highest BCUT2D eigenvalue weighted by Crippen LogP contribution is 2.30. The van der Waals surface area contributed by atoms with Crippen molar-refractivity contribution in [3.8, 4) is 11.5 Å². The van der Waals surface area contributed by atoms with Gasteiger partial charge in [-0.3, -0.25) is 9.59 Å². The van der Waals surface area contributed by atoms with Crippen LogP contribution in [0.2, 0.25) is 0 Å². The van der Waals surface area contributed by atoms with Crippen molar-refractivity contribution < 1.29 is 27.8 Å². The molecule has 0 bridgehead atoms. The Labute approximate surface area is 154 Å². The summed E-state index contributed by atoms with van der Waals surface area (Å²) in [4.78, 5) is 26.0. The van der Waals surface area contributed by atoms with Gasteiger partial charge in [-0.15, -0.1) is 0 Å². The van der Waals surface area contributed by atoms with Crippen molar-refractivity contribution in [3.05, 3.63) is 53.6 Å². The van der Waals surface area contributed by atoms with Gasteiger partial charge in [-0.1, -0.05) is 0 Å². The molecule has 0 aliphatic carbocycles. The molecule has 0 atom stereocenters. The van der Waals surface area contributed by atoms with Crippen LogP contribution in [0, 0.1) is 17.6 Å². The highest BCUT2D eigenvalue weighted by Gasteiger charge is 2.36. The van der Waals surface area contributed by atoms with Crippen LogP contribution in [0.15, 0.2) is 36.4 Å². The van der Waals surface area contributed by atoms with Gasteiger partial charge >= 0.3 is 0 Å². The smallest absolute Gasteiger partial charge is 0.254 e. The van der Waals surface area contributed by atoms with Gasteiger partial charge in [0.25, 0.3) is 5.91 Å². The SMILES string of the molecule is COc1ccc(NC(=O)C2CN(C(=O)c3ccc(F)c(F)c3)C2)cc1OC. The van der Waals surface area contributed by atoms with Gasteiger partial charge in [0.15, 0.2) is 23.1 Å². The molecule has 0 unspecified atom stereocenters. The quantitative estimate of drug-likeness (QED) is 0.871. The minimum atomic E-state index is -1.08. The van der Waals surface area contributed by atoms with Crippen molar-refractivity contribution in [2.45, 2.75) is 0 Å². The van der Waals surface area contributed by atoms with Crippen LogP contribution in [0.5, 0.6) is 11.5 Å². The lowest BCUT2D eigenvalue weighted by Crippen LogP contribution is -2.54. The molecule has 1 aliphatic heterocycles. The molecule has 0 spiro atoms. The zero-order valence-electron chi connectivity index (χ0n) is 14.8. The monoisotopic (exact) mass is 376 g/mol. The summed E-state index contributed by atoms with van der Waals surface area (Å²) >= 11 is 0. The minimum Gasteiger partial charge on any atom is -0.493 e. The molecule has 1 heterocycles. The van der Waals surface area contributed by atoms with E-state index >= 15 is 0 Å². The summed E-state index contributed by atoms with van der Waals surface area (Å²) in [6.45, 7) is 0.411. The predicted molar refractivity (Wildman–Crippen MR) is 93.9 cm³/mol. The molecule has 0 aromatic heterocycles.